The van der Waals surface area contributed by atoms with E-state index in [1.807, 2.05) is 0 Å². The van der Waals surface area contributed by atoms with Gasteiger partial charge in [0.2, 0.25) is 0 Å². The van der Waals surface area contributed by atoms with Gasteiger partial charge in [0.15, 0.2) is 0 Å². The van der Waals surface area contributed by atoms with E-state index >= 15 is 0 Å². The van der Waals surface area contributed by atoms with Gasteiger partial charge in [-0.3, -0.25) is 0 Å². The molecule has 10 rings (SSSR count). The first-order valence-corrected chi connectivity index (χ1v) is 39.6. The topological polar surface area (TPSA) is 0 Å². The Kier molecular flexibility index (Phi) is 11.1. The molecule has 6 aromatic rings. The van der Waals surface area contributed by atoms with Crippen LogP contribution in [0.4, 0.5) is 0 Å². The Morgan fingerprint density at radius 2 is 0.883 bits per heavy atom. The standard InChI is InChI=1S/2C27H27.C2H7Si.2ClH.Zr/c2*1-19-14-15-25(24-13-7-11-22-10-5-6-12-23(22)24)27-18-21(17-26(19)27)16-20-8-3-2-4-9-20;1-3-2;;;/h2*5-7,10-15,17-18,20H,2-4,8-9,16H2,1H3;3H,1-2H3;2*1H;/q;;;;;+2/p-2. The molecule has 60 heavy (non-hydrogen) atoms. The predicted molar refractivity (Wildman–Crippen MR) is 263 cm³/mol. The average Bonchev–Trinajstić information content (AvgIpc) is 3.86. The number of benzene rings is 6. The summed E-state index contributed by atoms with van der Waals surface area (Å²) in [6, 6.07) is 41.2. The van der Waals surface area contributed by atoms with Gasteiger partial charge < -0.3 is 0 Å². The number of hydrogen-bond donors (Lipinski definition) is 0. The molecular weight excluding hydrogens is 863 g/mol. The van der Waals surface area contributed by atoms with Crippen LogP contribution in [0.1, 0.15) is 118 Å². The average molecular weight is 924 g/mol. The zero-order valence-corrected chi connectivity index (χ0v) is 41.3. The molecule has 2 fully saturated rings. The summed E-state index contributed by atoms with van der Waals surface area (Å²) in [7, 11) is 18.6. The van der Waals surface area contributed by atoms with Crippen molar-refractivity contribution < 1.29 is 15.6 Å². The molecular formula is C56H61Cl2SiZr. The summed E-state index contributed by atoms with van der Waals surface area (Å²) in [6.07, 6.45) is 20.9. The summed E-state index contributed by atoms with van der Waals surface area (Å²) in [6.45, 7) is 9.86. The van der Waals surface area contributed by atoms with Crippen molar-refractivity contribution in [3.63, 3.8) is 0 Å². The molecule has 6 aromatic carbocycles. The Balaban J connectivity index is 1.23. The van der Waals surface area contributed by atoms with Crippen molar-refractivity contribution in [3.05, 3.63) is 154 Å². The van der Waals surface area contributed by atoms with Gasteiger partial charge in [-0.1, -0.05) is 0 Å². The van der Waals surface area contributed by atoms with Crippen molar-refractivity contribution in [2.75, 3.05) is 0 Å². The van der Waals surface area contributed by atoms with Crippen LogP contribution < -0.4 is 0 Å². The molecule has 0 radical (unpaired) electrons. The number of fused-ring (bicyclic) bond motifs is 4. The quantitative estimate of drug-likeness (QED) is 0.127. The van der Waals surface area contributed by atoms with Gasteiger partial charge >= 0.3 is 371 Å². The number of aryl methyl sites for hydroxylation is 2. The third kappa shape index (κ3) is 6.85. The van der Waals surface area contributed by atoms with Crippen LogP contribution in [0.25, 0.3) is 56.0 Å². The Bertz CT molecular complexity index is 2500. The van der Waals surface area contributed by atoms with E-state index in [-0.39, 0.29) is 7.25 Å². The van der Waals surface area contributed by atoms with Crippen molar-refractivity contribution >= 4 is 56.6 Å². The van der Waals surface area contributed by atoms with Gasteiger partial charge in [0.1, 0.15) is 0 Å². The van der Waals surface area contributed by atoms with E-state index in [4.69, 9.17) is 0 Å². The van der Waals surface area contributed by atoms with Gasteiger partial charge in [0.05, 0.1) is 0 Å². The van der Waals surface area contributed by atoms with Crippen LogP contribution in [0.15, 0.2) is 120 Å². The third-order valence-corrected chi connectivity index (χ3v) is 67.6. The molecule has 0 heterocycles. The van der Waals surface area contributed by atoms with Crippen molar-refractivity contribution in [2.45, 2.75) is 111 Å². The summed E-state index contributed by atoms with van der Waals surface area (Å²) in [5.74, 6) is -0.387. The van der Waals surface area contributed by atoms with Crippen LogP contribution in [-0.2, 0) is 15.6 Å². The fourth-order valence-corrected chi connectivity index (χ4v) is 44.2. The minimum atomic E-state index is -5.15. The molecule has 2 unspecified atom stereocenters. The molecule has 2 atom stereocenters. The fraction of sp³-hybridized carbons (Fsp3) is 0.357. The molecule has 4 heteroatoms. The maximum absolute atomic E-state index is 9.31. The first-order valence-electron chi connectivity index (χ1n) is 23.3. The SMILES string of the molecule is Cc1ccc(-c2cccc3ccccc23)c2c1[CH]([Zr]([Cl])([Cl])([CH]1C(CC3CCCCC3)=Cc3c(-c4cccc5ccccc45)ccc(C)c31)[SiH](C)C)C(CC1CCCCC1)=C2. The van der Waals surface area contributed by atoms with E-state index in [2.05, 4.69) is 148 Å². The van der Waals surface area contributed by atoms with Crippen LogP contribution in [0, 0.1) is 25.7 Å². The Hall–Kier alpha value is -3.00. The molecule has 0 saturated heterocycles. The molecule has 0 bridgehead atoms. The normalized spacial score (nSPS) is 20.6. The van der Waals surface area contributed by atoms with Gasteiger partial charge in [0, 0.05) is 0 Å². The minimum absolute atomic E-state index is 0.0969. The monoisotopic (exact) mass is 921 g/mol. The third-order valence-electron chi connectivity index (χ3n) is 15.9. The Morgan fingerprint density at radius 3 is 1.30 bits per heavy atom. The second-order valence-corrected chi connectivity index (χ2v) is 62.2. The van der Waals surface area contributed by atoms with Crippen molar-refractivity contribution in [2.24, 2.45) is 11.8 Å². The zero-order chi connectivity index (χ0) is 41.2. The van der Waals surface area contributed by atoms with Crippen LogP contribution in [0.3, 0.4) is 0 Å². The summed E-state index contributed by atoms with van der Waals surface area (Å²) >= 11 is -5.15. The molecule has 0 spiro atoms. The zero-order valence-electron chi connectivity index (χ0n) is 36.2. The van der Waals surface area contributed by atoms with Crippen LogP contribution in [0.2, 0.25) is 13.1 Å². The van der Waals surface area contributed by atoms with E-state index in [0.717, 1.165) is 12.8 Å². The van der Waals surface area contributed by atoms with Crippen molar-refractivity contribution in [1.29, 1.82) is 0 Å². The van der Waals surface area contributed by atoms with Gasteiger partial charge in [-0.25, -0.2) is 0 Å². The molecule has 0 amide bonds. The summed E-state index contributed by atoms with van der Waals surface area (Å²) < 4.78 is 0.194. The van der Waals surface area contributed by atoms with Crippen molar-refractivity contribution in [1.82, 2.24) is 0 Å². The van der Waals surface area contributed by atoms with Gasteiger partial charge in [0.25, 0.3) is 0 Å². The van der Waals surface area contributed by atoms with E-state index in [1.54, 1.807) is 11.1 Å². The molecule has 0 N–H and O–H groups in total. The molecule has 0 nitrogen and oxygen atoms in total. The number of hydrogen-bond acceptors (Lipinski definition) is 0. The molecule has 4 aliphatic rings. The number of allylic oxidation sites excluding steroid dienone is 2. The van der Waals surface area contributed by atoms with E-state index in [9.17, 15) is 17.0 Å². The first kappa shape index (κ1) is 41.0. The van der Waals surface area contributed by atoms with Crippen LogP contribution >= 0.6 is 17.0 Å². The Labute approximate surface area is 368 Å². The van der Waals surface area contributed by atoms with Gasteiger partial charge in [-0.2, -0.15) is 0 Å². The summed E-state index contributed by atoms with van der Waals surface area (Å²) in [5.41, 5.74) is 16.9. The molecule has 0 aromatic heterocycles. The maximum atomic E-state index is 9.31. The summed E-state index contributed by atoms with van der Waals surface area (Å²) in [4.78, 5) is 0. The van der Waals surface area contributed by atoms with E-state index in [1.165, 1.54) is 141 Å². The second kappa shape index (κ2) is 16.3. The van der Waals surface area contributed by atoms with E-state index in [0.29, 0.717) is 11.8 Å². The Morgan fingerprint density at radius 1 is 0.483 bits per heavy atom. The van der Waals surface area contributed by atoms with Crippen LogP contribution in [0.5, 0.6) is 0 Å². The van der Waals surface area contributed by atoms with Gasteiger partial charge in [-0.15, -0.1) is 0 Å². The molecule has 307 valence electrons. The molecule has 0 aliphatic heterocycles. The van der Waals surface area contributed by atoms with E-state index < -0.39 is 21.5 Å². The molecule has 2 saturated carbocycles. The summed E-state index contributed by atoms with van der Waals surface area (Å²) in [5, 5.41) is 5.21. The fourth-order valence-electron chi connectivity index (χ4n) is 12.8. The molecule has 4 aliphatic carbocycles. The number of rotatable bonds is 9. The van der Waals surface area contributed by atoms with Gasteiger partial charge in [-0.05, 0) is 0 Å². The second-order valence-electron chi connectivity index (χ2n) is 19.7. The van der Waals surface area contributed by atoms with Crippen molar-refractivity contribution in [3.8, 4) is 22.3 Å². The number of halogens is 2. The first-order chi connectivity index (χ1) is 29.1. The predicted octanol–water partition coefficient (Wildman–Crippen LogP) is 17.4. The van der Waals surface area contributed by atoms with Crippen LogP contribution in [-0.4, -0.2) is 5.92 Å².